The van der Waals surface area contributed by atoms with E-state index in [2.05, 4.69) is 46.3 Å². The number of nitrogens with two attached hydrogens (primary N) is 1. The molecule has 25 heavy (non-hydrogen) atoms. The van der Waals surface area contributed by atoms with Gasteiger partial charge in [-0.25, -0.2) is 0 Å². The quantitative estimate of drug-likeness (QED) is 0.749. The zero-order valence-electron chi connectivity index (χ0n) is 14.9. The number of piperazine rings is 1. The molecule has 0 radical (unpaired) electrons. The van der Waals surface area contributed by atoms with Gasteiger partial charge in [-0.1, -0.05) is 31.2 Å². The Labute approximate surface area is 169 Å². The van der Waals surface area contributed by atoms with Gasteiger partial charge in [-0.3, -0.25) is 9.69 Å². The fraction of sp³-hybridized carbons (Fsp3) is 0.588. The van der Waals surface area contributed by atoms with Gasteiger partial charge in [0.2, 0.25) is 5.91 Å². The summed E-state index contributed by atoms with van der Waals surface area (Å²) in [4.78, 5) is 16.4. The highest BCUT2D eigenvalue weighted by atomic mass is 35.5. The first-order valence-electron chi connectivity index (χ1n) is 8.14. The topological polar surface area (TPSA) is 61.6 Å². The summed E-state index contributed by atoms with van der Waals surface area (Å²) in [6, 6.07) is 8.01. The first kappa shape index (κ1) is 26.7. The Kier molecular flexibility index (Phi) is 14.5. The van der Waals surface area contributed by atoms with Gasteiger partial charge < -0.3 is 16.0 Å². The minimum atomic E-state index is -0.457. The molecule has 0 saturated carbocycles. The van der Waals surface area contributed by atoms with Crippen LogP contribution in [0, 0.1) is 0 Å². The standard InChI is InChI=1S/C17H28N4O.3ClH/c1-3-20-8-10-21(11-9-20)13-16-6-4-15(5-7-16)12-19-17(22)14(2)18;;;/h4-7,14H,3,8-13,18H2,1-2H3,(H,19,22);3*1H/t14-;;;/m1.../s1. The van der Waals surface area contributed by atoms with Crippen molar-refractivity contribution >= 4 is 43.1 Å². The lowest BCUT2D eigenvalue weighted by atomic mass is 10.1. The van der Waals surface area contributed by atoms with E-state index in [9.17, 15) is 4.79 Å². The van der Waals surface area contributed by atoms with E-state index in [1.165, 1.54) is 5.56 Å². The lowest BCUT2D eigenvalue weighted by molar-refractivity contribution is -0.122. The number of nitrogens with zero attached hydrogens (tertiary/aromatic N) is 2. The van der Waals surface area contributed by atoms with E-state index in [-0.39, 0.29) is 43.1 Å². The van der Waals surface area contributed by atoms with Crippen LogP contribution in [-0.2, 0) is 17.9 Å². The number of carbonyl (C=O) groups excluding carboxylic acids is 1. The molecule has 1 amide bonds. The monoisotopic (exact) mass is 412 g/mol. The van der Waals surface area contributed by atoms with Crippen molar-refractivity contribution in [2.24, 2.45) is 5.73 Å². The average molecular weight is 414 g/mol. The Hall–Kier alpha value is -0.560. The second-order valence-corrected chi connectivity index (χ2v) is 6.03. The Morgan fingerprint density at radius 1 is 1.04 bits per heavy atom. The third-order valence-electron chi connectivity index (χ3n) is 4.22. The molecule has 1 aliphatic rings. The van der Waals surface area contributed by atoms with Gasteiger partial charge >= 0.3 is 0 Å². The highest BCUT2D eigenvalue weighted by molar-refractivity contribution is 5.86. The van der Waals surface area contributed by atoms with Crippen molar-refractivity contribution < 1.29 is 4.79 Å². The van der Waals surface area contributed by atoms with Crippen molar-refractivity contribution in [1.29, 1.82) is 0 Å². The maximum absolute atomic E-state index is 11.5. The highest BCUT2D eigenvalue weighted by Crippen LogP contribution is 2.10. The second-order valence-electron chi connectivity index (χ2n) is 6.03. The third kappa shape index (κ3) is 9.08. The molecule has 1 heterocycles. The Balaban J connectivity index is 0. The van der Waals surface area contributed by atoms with Crippen LogP contribution in [0.3, 0.4) is 0 Å². The van der Waals surface area contributed by atoms with E-state index in [4.69, 9.17) is 5.73 Å². The summed E-state index contributed by atoms with van der Waals surface area (Å²) in [5.74, 6) is -0.113. The summed E-state index contributed by atoms with van der Waals surface area (Å²) in [6.07, 6.45) is 0. The van der Waals surface area contributed by atoms with E-state index in [1.54, 1.807) is 6.92 Å². The van der Waals surface area contributed by atoms with Crippen LogP contribution < -0.4 is 11.1 Å². The predicted octanol–water partition coefficient (Wildman–Crippen LogP) is 2.05. The van der Waals surface area contributed by atoms with Gasteiger partial charge in [-0.15, -0.1) is 37.2 Å². The van der Waals surface area contributed by atoms with Crippen LogP contribution in [0.2, 0.25) is 0 Å². The number of carbonyl (C=O) groups is 1. The molecule has 1 atom stereocenters. The van der Waals surface area contributed by atoms with Gasteiger partial charge in [0.25, 0.3) is 0 Å². The molecule has 146 valence electrons. The molecule has 0 bridgehead atoms. The zero-order valence-corrected chi connectivity index (χ0v) is 17.4. The fourth-order valence-electron chi connectivity index (χ4n) is 2.63. The van der Waals surface area contributed by atoms with Gasteiger partial charge in [-0.2, -0.15) is 0 Å². The van der Waals surface area contributed by atoms with Crippen LogP contribution in [0.1, 0.15) is 25.0 Å². The lowest BCUT2D eigenvalue weighted by Crippen LogP contribution is -2.45. The van der Waals surface area contributed by atoms with Crippen molar-refractivity contribution in [2.75, 3.05) is 32.7 Å². The fourth-order valence-corrected chi connectivity index (χ4v) is 2.63. The summed E-state index contributed by atoms with van der Waals surface area (Å²) in [6.45, 7) is 11.2. The first-order chi connectivity index (χ1) is 10.6. The molecule has 3 N–H and O–H groups in total. The molecule has 0 spiro atoms. The molecule has 1 aliphatic heterocycles. The van der Waals surface area contributed by atoms with Gasteiger partial charge in [0.1, 0.15) is 0 Å². The van der Waals surface area contributed by atoms with Crippen LogP contribution in [-0.4, -0.2) is 54.5 Å². The van der Waals surface area contributed by atoms with E-state index >= 15 is 0 Å². The number of amides is 1. The van der Waals surface area contributed by atoms with Crippen molar-refractivity contribution in [3.8, 4) is 0 Å². The smallest absolute Gasteiger partial charge is 0.236 e. The van der Waals surface area contributed by atoms with Gasteiger partial charge in [-0.05, 0) is 24.6 Å². The summed E-state index contributed by atoms with van der Waals surface area (Å²) in [5.41, 5.74) is 7.96. The normalized spacial score (nSPS) is 16.0. The molecular weight excluding hydrogens is 383 g/mol. The van der Waals surface area contributed by atoms with Crippen LogP contribution in [0.4, 0.5) is 0 Å². The molecule has 1 fully saturated rings. The van der Waals surface area contributed by atoms with Crippen molar-refractivity contribution in [3.63, 3.8) is 0 Å². The van der Waals surface area contributed by atoms with Gasteiger partial charge in [0.05, 0.1) is 6.04 Å². The predicted molar refractivity (Wildman–Crippen MR) is 111 cm³/mol. The molecule has 0 aliphatic carbocycles. The first-order valence-corrected chi connectivity index (χ1v) is 8.14. The average Bonchev–Trinajstić information content (AvgIpc) is 2.54. The minimum absolute atomic E-state index is 0. The maximum atomic E-state index is 11.5. The lowest BCUT2D eigenvalue weighted by Gasteiger charge is -2.34. The van der Waals surface area contributed by atoms with Crippen LogP contribution in [0.15, 0.2) is 24.3 Å². The zero-order chi connectivity index (χ0) is 15.9. The Bertz CT molecular complexity index is 477. The molecule has 2 rings (SSSR count). The van der Waals surface area contributed by atoms with E-state index < -0.39 is 6.04 Å². The molecule has 5 nitrogen and oxygen atoms in total. The molecule has 1 aromatic carbocycles. The highest BCUT2D eigenvalue weighted by Gasteiger charge is 2.15. The summed E-state index contributed by atoms with van der Waals surface area (Å²) >= 11 is 0. The number of halogens is 3. The number of likely N-dealkylation sites (N-methyl/N-ethyl adjacent to an activating group) is 1. The van der Waals surface area contributed by atoms with E-state index in [0.29, 0.717) is 6.54 Å². The molecule has 1 saturated heterocycles. The summed E-state index contributed by atoms with van der Waals surface area (Å²) < 4.78 is 0. The second kappa shape index (κ2) is 13.6. The van der Waals surface area contributed by atoms with Crippen LogP contribution in [0.5, 0.6) is 0 Å². The van der Waals surface area contributed by atoms with Crippen LogP contribution in [0.25, 0.3) is 0 Å². The number of hydrogen-bond acceptors (Lipinski definition) is 4. The Morgan fingerprint density at radius 2 is 1.52 bits per heavy atom. The largest absolute Gasteiger partial charge is 0.351 e. The van der Waals surface area contributed by atoms with E-state index in [1.807, 2.05) is 0 Å². The number of nitrogens with one attached hydrogen (secondary N) is 1. The van der Waals surface area contributed by atoms with Crippen molar-refractivity contribution in [1.82, 2.24) is 15.1 Å². The number of rotatable bonds is 6. The number of benzene rings is 1. The van der Waals surface area contributed by atoms with Gasteiger partial charge in [0.15, 0.2) is 0 Å². The van der Waals surface area contributed by atoms with Crippen molar-refractivity contribution in [3.05, 3.63) is 35.4 Å². The molecule has 0 aromatic heterocycles. The number of hydrogen-bond donors (Lipinski definition) is 2. The van der Waals surface area contributed by atoms with E-state index in [0.717, 1.165) is 44.8 Å². The third-order valence-corrected chi connectivity index (χ3v) is 4.22. The minimum Gasteiger partial charge on any atom is -0.351 e. The maximum Gasteiger partial charge on any atom is 0.236 e. The van der Waals surface area contributed by atoms with Crippen molar-refractivity contribution in [2.45, 2.75) is 33.0 Å². The summed E-state index contributed by atoms with van der Waals surface area (Å²) in [5, 5.41) is 2.83. The molecule has 1 aromatic rings. The Morgan fingerprint density at radius 3 is 2.00 bits per heavy atom. The molecular formula is C17H31Cl3N4O. The summed E-state index contributed by atoms with van der Waals surface area (Å²) in [7, 11) is 0. The SMILES string of the molecule is CCN1CCN(Cc2ccc(CNC(=O)[C@@H](C)N)cc2)CC1.Cl.Cl.Cl. The molecule has 8 heteroatoms. The van der Waals surface area contributed by atoms with Crippen LogP contribution >= 0.6 is 37.2 Å². The molecule has 0 unspecified atom stereocenters. The van der Waals surface area contributed by atoms with Gasteiger partial charge in [0, 0.05) is 39.3 Å².